The SMILES string of the molecule is COc1ccc(C(=O)N[C@H](C)c2cc3ccccc3o2)cc1OC. The van der Waals surface area contributed by atoms with Crippen molar-refractivity contribution in [1.29, 1.82) is 0 Å². The highest BCUT2D eigenvalue weighted by Crippen LogP contribution is 2.28. The first kappa shape index (κ1) is 15.9. The molecule has 2 aromatic carbocycles. The molecule has 1 amide bonds. The van der Waals surface area contributed by atoms with E-state index in [4.69, 9.17) is 13.9 Å². The van der Waals surface area contributed by atoms with E-state index in [0.29, 0.717) is 22.8 Å². The number of nitrogens with one attached hydrogen (secondary N) is 1. The number of para-hydroxylation sites is 1. The zero-order valence-electron chi connectivity index (χ0n) is 13.8. The smallest absolute Gasteiger partial charge is 0.252 e. The van der Waals surface area contributed by atoms with Gasteiger partial charge in [0, 0.05) is 10.9 Å². The second-order valence-electron chi connectivity index (χ2n) is 5.45. The van der Waals surface area contributed by atoms with Crippen LogP contribution in [0.3, 0.4) is 0 Å². The summed E-state index contributed by atoms with van der Waals surface area (Å²) in [7, 11) is 3.10. The molecule has 3 rings (SSSR count). The monoisotopic (exact) mass is 325 g/mol. The molecule has 5 heteroatoms. The summed E-state index contributed by atoms with van der Waals surface area (Å²) in [5, 5.41) is 3.95. The van der Waals surface area contributed by atoms with Gasteiger partial charge < -0.3 is 19.2 Å². The lowest BCUT2D eigenvalue weighted by atomic mass is 10.1. The van der Waals surface area contributed by atoms with Crippen LogP contribution >= 0.6 is 0 Å². The largest absolute Gasteiger partial charge is 0.493 e. The lowest BCUT2D eigenvalue weighted by Crippen LogP contribution is -2.26. The molecule has 1 N–H and O–H groups in total. The zero-order valence-corrected chi connectivity index (χ0v) is 13.8. The van der Waals surface area contributed by atoms with Crippen LogP contribution in [0.15, 0.2) is 52.9 Å². The van der Waals surface area contributed by atoms with Crippen molar-refractivity contribution in [2.24, 2.45) is 0 Å². The molecule has 0 bridgehead atoms. The molecule has 0 aliphatic rings. The Morgan fingerprint density at radius 2 is 1.79 bits per heavy atom. The van der Waals surface area contributed by atoms with Gasteiger partial charge >= 0.3 is 0 Å². The van der Waals surface area contributed by atoms with E-state index in [1.807, 2.05) is 37.3 Å². The number of hydrogen-bond acceptors (Lipinski definition) is 4. The van der Waals surface area contributed by atoms with Gasteiger partial charge in [-0.1, -0.05) is 18.2 Å². The summed E-state index contributed by atoms with van der Waals surface area (Å²) < 4.78 is 16.2. The van der Waals surface area contributed by atoms with E-state index >= 15 is 0 Å². The minimum atomic E-state index is -0.252. The number of carbonyl (C=O) groups is 1. The topological polar surface area (TPSA) is 60.7 Å². The van der Waals surface area contributed by atoms with Gasteiger partial charge in [0.1, 0.15) is 11.3 Å². The van der Waals surface area contributed by atoms with Crippen LogP contribution in [0.2, 0.25) is 0 Å². The Kier molecular flexibility index (Phi) is 4.42. The number of methoxy groups -OCH3 is 2. The van der Waals surface area contributed by atoms with Crippen LogP contribution in [0.25, 0.3) is 11.0 Å². The number of benzene rings is 2. The Morgan fingerprint density at radius 3 is 2.50 bits per heavy atom. The first-order valence-corrected chi connectivity index (χ1v) is 7.63. The molecule has 1 atom stereocenters. The third kappa shape index (κ3) is 3.06. The first-order valence-electron chi connectivity index (χ1n) is 7.63. The van der Waals surface area contributed by atoms with E-state index in [2.05, 4.69) is 5.32 Å². The average molecular weight is 325 g/mol. The Balaban J connectivity index is 1.78. The second-order valence-corrected chi connectivity index (χ2v) is 5.45. The standard InChI is InChI=1S/C19H19NO4/c1-12(17-10-13-6-4-5-7-15(13)24-17)20-19(21)14-8-9-16(22-2)18(11-14)23-3/h4-12H,1-3H3,(H,20,21)/t12-/m1/s1. The van der Waals surface area contributed by atoms with E-state index in [0.717, 1.165) is 11.0 Å². The Bertz CT molecular complexity index is 836. The fraction of sp³-hybridized carbons (Fsp3) is 0.211. The van der Waals surface area contributed by atoms with Gasteiger partial charge in [0.15, 0.2) is 11.5 Å². The second kappa shape index (κ2) is 6.66. The third-order valence-electron chi connectivity index (χ3n) is 3.86. The number of amides is 1. The van der Waals surface area contributed by atoms with Crippen molar-refractivity contribution in [1.82, 2.24) is 5.32 Å². The van der Waals surface area contributed by atoms with Crippen LogP contribution < -0.4 is 14.8 Å². The molecule has 5 nitrogen and oxygen atoms in total. The highest BCUT2D eigenvalue weighted by Gasteiger charge is 2.16. The van der Waals surface area contributed by atoms with E-state index in [1.54, 1.807) is 25.3 Å². The lowest BCUT2D eigenvalue weighted by Gasteiger charge is -2.13. The maximum atomic E-state index is 12.5. The molecule has 124 valence electrons. The van der Waals surface area contributed by atoms with Crippen molar-refractivity contribution in [2.75, 3.05) is 14.2 Å². The molecule has 0 aliphatic carbocycles. The van der Waals surface area contributed by atoms with E-state index in [9.17, 15) is 4.79 Å². The Morgan fingerprint density at radius 1 is 1.04 bits per heavy atom. The predicted molar refractivity (Wildman–Crippen MR) is 91.6 cm³/mol. The molecule has 0 fully saturated rings. The minimum absolute atomic E-state index is 0.205. The van der Waals surface area contributed by atoms with Crippen molar-refractivity contribution in [3.05, 3.63) is 59.9 Å². The fourth-order valence-electron chi connectivity index (χ4n) is 2.54. The van der Waals surface area contributed by atoms with Gasteiger partial charge in [-0.15, -0.1) is 0 Å². The molecule has 0 unspecified atom stereocenters. The van der Waals surface area contributed by atoms with Crippen LogP contribution in [-0.2, 0) is 0 Å². The van der Waals surface area contributed by atoms with Gasteiger partial charge in [0.2, 0.25) is 0 Å². The van der Waals surface area contributed by atoms with Crippen LogP contribution in [0.1, 0.15) is 29.1 Å². The summed E-state index contributed by atoms with van der Waals surface area (Å²) in [6.45, 7) is 1.89. The van der Waals surface area contributed by atoms with Crippen molar-refractivity contribution in [3.63, 3.8) is 0 Å². The van der Waals surface area contributed by atoms with Gasteiger partial charge in [-0.3, -0.25) is 4.79 Å². The quantitative estimate of drug-likeness (QED) is 0.772. The van der Waals surface area contributed by atoms with Gasteiger partial charge in [-0.05, 0) is 37.3 Å². The molecule has 1 heterocycles. The predicted octanol–water partition coefficient (Wildman–Crippen LogP) is 3.94. The van der Waals surface area contributed by atoms with Gasteiger partial charge in [-0.2, -0.15) is 0 Å². The van der Waals surface area contributed by atoms with Crippen LogP contribution in [-0.4, -0.2) is 20.1 Å². The average Bonchev–Trinajstić information content (AvgIpc) is 3.05. The number of ether oxygens (including phenoxy) is 2. The summed E-state index contributed by atoms with van der Waals surface area (Å²) in [5.41, 5.74) is 1.30. The Labute approximate surface area is 140 Å². The molecule has 0 spiro atoms. The fourth-order valence-corrected chi connectivity index (χ4v) is 2.54. The van der Waals surface area contributed by atoms with Crippen molar-refractivity contribution in [3.8, 4) is 11.5 Å². The van der Waals surface area contributed by atoms with Crippen molar-refractivity contribution < 1.29 is 18.7 Å². The molecule has 0 saturated heterocycles. The van der Waals surface area contributed by atoms with Gasteiger partial charge in [-0.25, -0.2) is 0 Å². The number of furan rings is 1. The number of fused-ring (bicyclic) bond motifs is 1. The van der Waals surface area contributed by atoms with Crippen LogP contribution in [0, 0.1) is 0 Å². The summed E-state index contributed by atoms with van der Waals surface area (Å²) in [5.74, 6) is 1.61. The van der Waals surface area contributed by atoms with Gasteiger partial charge in [0.25, 0.3) is 5.91 Å². The summed E-state index contributed by atoms with van der Waals surface area (Å²) in [6, 6.07) is 14.5. The highest BCUT2D eigenvalue weighted by atomic mass is 16.5. The molecule has 24 heavy (non-hydrogen) atoms. The van der Waals surface area contributed by atoms with Crippen molar-refractivity contribution in [2.45, 2.75) is 13.0 Å². The summed E-state index contributed by atoms with van der Waals surface area (Å²) >= 11 is 0. The van der Waals surface area contributed by atoms with E-state index < -0.39 is 0 Å². The lowest BCUT2D eigenvalue weighted by molar-refractivity contribution is 0.0935. The van der Waals surface area contributed by atoms with Gasteiger partial charge in [0.05, 0.1) is 20.3 Å². The normalized spacial score (nSPS) is 12.0. The van der Waals surface area contributed by atoms with Crippen LogP contribution in [0.4, 0.5) is 0 Å². The molecule has 3 aromatic rings. The maximum Gasteiger partial charge on any atom is 0.252 e. The zero-order chi connectivity index (χ0) is 17.1. The summed E-state index contributed by atoms with van der Waals surface area (Å²) in [6.07, 6.45) is 0. The number of rotatable bonds is 5. The molecule has 1 aromatic heterocycles. The van der Waals surface area contributed by atoms with Crippen molar-refractivity contribution >= 4 is 16.9 Å². The Hall–Kier alpha value is -2.95. The molecule has 0 aliphatic heterocycles. The molecule has 0 radical (unpaired) electrons. The molecular formula is C19H19NO4. The third-order valence-corrected chi connectivity index (χ3v) is 3.86. The highest BCUT2D eigenvalue weighted by molar-refractivity contribution is 5.95. The number of hydrogen-bond donors (Lipinski definition) is 1. The van der Waals surface area contributed by atoms with E-state index in [-0.39, 0.29) is 11.9 Å². The minimum Gasteiger partial charge on any atom is -0.493 e. The molecule has 0 saturated carbocycles. The number of carbonyl (C=O) groups excluding carboxylic acids is 1. The summed E-state index contributed by atoms with van der Waals surface area (Å²) in [4.78, 5) is 12.5. The van der Waals surface area contributed by atoms with E-state index in [1.165, 1.54) is 7.11 Å². The van der Waals surface area contributed by atoms with Crippen LogP contribution in [0.5, 0.6) is 11.5 Å². The first-order chi connectivity index (χ1) is 11.6. The molecular weight excluding hydrogens is 306 g/mol. The maximum absolute atomic E-state index is 12.5.